The molecule has 0 aromatic heterocycles. The summed E-state index contributed by atoms with van der Waals surface area (Å²) in [4.78, 5) is 36.5. The molecule has 7 nitrogen and oxygen atoms in total. The Morgan fingerprint density at radius 2 is 1.67 bits per heavy atom. The Morgan fingerprint density at radius 3 is 2.24 bits per heavy atom. The van der Waals surface area contributed by atoms with E-state index in [9.17, 15) is 14.4 Å². The molecular weight excluding hydrogens is 420 g/mol. The Bertz CT molecular complexity index is 916. The van der Waals surface area contributed by atoms with Crippen molar-refractivity contribution in [2.45, 2.75) is 57.1 Å². The van der Waals surface area contributed by atoms with Crippen LogP contribution >= 0.6 is 0 Å². The molecule has 7 heteroatoms. The third-order valence-electron chi connectivity index (χ3n) is 6.01. The van der Waals surface area contributed by atoms with E-state index in [1.165, 1.54) is 0 Å². The molecule has 0 heterocycles. The molecule has 3 N–H and O–H groups in total. The minimum atomic E-state index is -0.885. The smallest absolute Gasteiger partial charge is 0.407 e. The van der Waals surface area contributed by atoms with Gasteiger partial charge in [-0.05, 0) is 54.5 Å². The summed E-state index contributed by atoms with van der Waals surface area (Å²) in [6, 6.07) is 15.4. The van der Waals surface area contributed by atoms with Crippen LogP contribution in [0.5, 0.6) is 0 Å². The van der Waals surface area contributed by atoms with E-state index in [4.69, 9.17) is 15.2 Å². The van der Waals surface area contributed by atoms with Gasteiger partial charge in [-0.2, -0.15) is 0 Å². The molecule has 1 aliphatic carbocycles. The summed E-state index contributed by atoms with van der Waals surface area (Å²) in [7, 11) is 0. The first-order valence-corrected chi connectivity index (χ1v) is 11.5. The van der Waals surface area contributed by atoms with E-state index in [2.05, 4.69) is 17.4 Å². The summed E-state index contributed by atoms with van der Waals surface area (Å²) in [6.45, 7) is 2.83. The number of alkyl carbamates (subject to hydrolysis) is 1. The van der Waals surface area contributed by atoms with Crippen molar-refractivity contribution in [3.63, 3.8) is 0 Å². The lowest BCUT2D eigenvalue weighted by molar-refractivity contribution is -0.145. The number of benzene rings is 2. The second kappa shape index (κ2) is 12.2. The standard InChI is InChI=1S/C26H32N2O5/c1-2-9-24(33-17-29)25(30)23(14-7-8-15-27)28-26(31)32-16-22-20-12-5-3-10-18(20)19-11-4-6-13-21(19)22/h3-6,10-13,17,22-24H,2,7-9,14-16,27H2,1H3,(H,28,31)/t23-,24?/m0/s1. The van der Waals surface area contributed by atoms with E-state index in [0.717, 1.165) is 28.7 Å². The van der Waals surface area contributed by atoms with Crippen LogP contribution in [0.4, 0.5) is 4.79 Å². The van der Waals surface area contributed by atoms with Crippen molar-refractivity contribution >= 4 is 18.3 Å². The Balaban J connectivity index is 1.67. The quantitative estimate of drug-likeness (QED) is 0.352. The number of rotatable bonds is 13. The van der Waals surface area contributed by atoms with E-state index in [-0.39, 0.29) is 24.8 Å². The van der Waals surface area contributed by atoms with Crippen molar-refractivity contribution in [3.05, 3.63) is 59.7 Å². The number of nitrogens with two attached hydrogens (primary N) is 1. The molecule has 33 heavy (non-hydrogen) atoms. The van der Waals surface area contributed by atoms with Crippen LogP contribution in [0.3, 0.4) is 0 Å². The van der Waals surface area contributed by atoms with Gasteiger partial charge >= 0.3 is 6.09 Å². The molecule has 0 spiro atoms. The van der Waals surface area contributed by atoms with Gasteiger partial charge in [0, 0.05) is 5.92 Å². The maximum Gasteiger partial charge on any atom is 0.407 e. The average Bonchev–Trinajstić information content (AvgIpc) is 3.15. The summed E-state index contributed by atoms with van der Waals surface area (Å²) in [5.74, 6) is -0.393. The van der Waals surface area contributed by atoms with Crippen LogP contribution in [0, 0.1) is 0 Å². The molecule has 0 aliphatic heterocycles. The highest BCUT2D eigenvalue weighted by atomic mass is 16.5. The number of unbranched alkanes of at least 4 members (excludes halogenated alkanes) is 1. The zero-order valence-electron chi connectivity index (χ0n) is 19.0. The van der Waals surface area contributed by atoms with Crippen LogP contribution < -0.4 is 11.1 Å². The van der Waals surface area contributed by atoms with Gasteiger partial charge in [0.15, 0.2) is 11.9 Å². The van der Waals surface area contributed by atoms with Gasteiger partial charge in [0.25, 0.3) is 6.47 Å². The van der Waals surface area contributed by atoms with E-state index < -0.39 is 18.2 Å². The van der Waals surface area contributed by atoms with Crippen molar-refractivity contribution < 1.29 is 23.9 Å². The summed E-state index contributed by atoms with van der Waals surface area (Å²) in [5, 5.41) is 2.70. The highest BCUT2D eigenvalue weighted by Gasteiger charge is 2.31. The van der Waals surface area contributed by atoms with Crippen molar-refractivity contribution in [3.8, 4) is 11.1 Å². The van der Waals surface area contributed by atoms with Gasteiger partial charge in [0.1, 0.15) is 6.61 Å². The summed E-state index contributed by atoms with van der Waals surface area (Å²) in [6.07, 6.45) is 1.32. The lowest BCUT2D eigenvalue weighted by Gasteiger charge is -2.22. The fraction of sp³-hybridized carbons (Fsp3) is 0.423. The molecule has 2 aromatic rings. The molecule has 0 bridgehead atoms. The molecule has 0 radical (unpaired) electrons. The minimum absolute atomic E-state index is 0.0687. The molecule has 0 fully saturated rings. The first kappa shape index (κ1) is 24.5. The number of Topliss-reactive ketones (excluding diaryl/α,β-unsaturated/α-hetero) is 1. The summed E-state index contributed by atoms with van der Waals surface area (Å²) in [5.41, 5.74) is 10.1. The van der Waals surface area contributed by atoms with Gasteiger partial charge in [0.2, 0.25) is 0 Å². The molecule has 2 aromatic carbocycles. The normalized spacial score (nSPS) is 14.0. The lowest BCUT2D eigenvalue weighted by atomic mass is 9.98. The predicted molar refractivity (Wildman–Crippen MR) is 126 cm³/mol. The number of nitrogens with one attached hydrogen (secondary N) is 1. The number of carbonyl (C=O) groups is 3. The second-order valence-corrected chi connectivity index (χ2v) is 8.22. The Hall–Kier alpha value is -3.19. The molecule has 1 amide bonds. The van der Waals surface area contributed by atoms with Crippen molar-refractivity contribution in [1.82, 2.24) is 5.32 Å². The largest absolute Gasteiger partial charge is 0.456 e. The fourth-order valence-corrected chi connectivity index (χ4v) is 4.39. The second-order valence-electron chi connectivity index (χ2n) is 8.22. The van der Waals surface area contributed by atoms with Crippen LogP contribution in [0.15, 0.2) is 48.5 Å². The van der Waals surface area contributed by atoms with Crippen LogP contribution in [0.1, 0.15) is 56.1 Å². The third kappa shape index (κ3) is 5.99. The first-order valence-electron chi connectivity index (χ1n) is 11.5. The third-order valence-corrected chi connectivity index (χ3v) is 6.01. The van der Waals surface area contributed by atoms with E-state index in [1.54, 1.807) is 0 Å². The van der Waals surface area contributed by atoms with Gasteiger partial charge in [-0.3, -0.25) is 9.59 Å². The number of ether oxygens (including phenoxy) is 2. The Morgan fingerprint density at radius 1 is 1.03 bits per heavy atom. The SMILES string of the molecule is CCCC(OC=O)C(=O)[C@H](CCCCN)NC(=O)OCC1c2ccccc2-c2ccccc21. The molecule has 1 unspecified atom stereocenters. The van der Waals surface area contributed by atoms with Crippen LogP contribution in [-0.4, -0.2) is 43.6 Å². The van der Waals surface area contributed by atoms with Crippen LogP contribution in [0.2, 0.25) is 0 Å². The van der Waals surface area contributed by atoms with Gasteiger partial charge in [-0.1, -0.05) is 61.9 Å². The molecule has 0 saturated carbocycles. The van der Waals surface area contributed by atoms with Crippen molar-refractivity contribution in [2.75, 3.05) is 13.2 Å². The number of carbonyl (C=O) groups excluding carboxylic acids is 3. The fourth-order valence-electron chi connectivity index (χ4n) is 4.39. The maximum absolute atomic E-state index is 13.0. The van der Waals surface area contributed by atoms with Crippen LogP contribution in [-0.2, 0) is 19.1 Å². The minimum Gasteiger partial charge on any atom is -0.456 e. The van der Waals surface area contributed by atoms with E-state index >= 15 is 0 Å². The van der Waals surface area contributed by atoms with Crippen molar-refractivity contribution in [2.24, 2.45) is 5.73 Å². The number of amides is 1. The highest BCUT2D eigenvalue weighted by Crippen LogP contribution is 2.44. The van der Waals surface area contributed by atoms with Crippen LogP contribution in [0.25, 0.3) is 11.1 Å². The van der Waals surface area contributed by atoms with Gasteiger partial charge in [0.05, 0.1) is 6.04 Å². The highest BCUT2D eigenvalue weighted by molar-refractivity contribution is 5.91. The Kier molecular flexibility index (Phi) is 9.01. The number of hydrogen-bond acceptors (Lipinski definition) is 6. The molecular formula is C26H32N2O5. The first-order chi connectivity index (χ1) is 16.1. The lowest BCUT2D eigenvalue weighted by Crippen LogP contribution is -2.46. The van der Waals surface area contributed by atoms with Crippen molar-refractivity contribution in [1.29, 1.82) is 0 Å². The Labute approximate surface area is 194 Å². The zero-order valence-corrected chi connectivity index (χ0v) is 19.0. The van der Waals surface area contributed by atoms with Gasteiger partial charge < -0.3 is 20.5 Å². The number of hydrogen-bond donors (Lipinski definition) is 2. The zero-order chi connectivity index (χ0) is 23.6. The molecule has 2 atom stereocenters. The molecule has 3 rings (SSSR count). The number of fused-ring (bicyclic) bond motifs is 3. The summed E-state index contributed by atoms with van der Waals surface area (Å²) >= 11 is 0. The van der Waals surface area contributed by atoms with Gasteiger partial charge in [-0.15, -0.1) is 0 Å². The topological polar surface area (TPSA) is 108 Å². The molecule has 176 valence electrons. The summed E-state index contributed by atoms with van der Waals surface area (Å²) < 4.78 is 10.6. The monoisotopic (exact) mass is 452 g/mol. The number of ketones is 1. The molecule has 0 saturated heterocycles. The molecule has 1 aliphatic rings. The average molecular weight is 453 g/mol. The van der Waals surface area contributed by atoms with E-state index in [0.29, 0.717) is 32.2 Å². The van der Waals surface area contributed by atoms with E-state index in [1.807, 2.05) is 43.3 Å². The predicted octanol–water partition coefficient (Wildman–Crippen LogP) is 3.93. The maximum atomic E-state index is 13.0. The van der Waals surface area contributed by atoms with Gasteiger partial charge in [-0.25, -0.2) is 4.79 Å².